The molecule has 0 spiro atoms. The number of carboxylic acids is 1. The van der Waals surface area contributed by atoms with Crippen molar-refractivity contribution in [3.05, 3.63) is 0 Å². The van der Waals surface area contributed by atoms with Crippen molar-refractivity contribution < 1.29 is 23.4 Å². The summed E-state index contributed by atoms with van der Waals surface area (Å²) in [6.07, 6.45) is 0.562. The molecule has 2 N–H and O–H groups in total. The van der Waals surface area contributed by atoms with Gasteiger partial charge in [0.15, 0.2) is 0 Å². The zero-order chi connectivity index (χ0) is 11.2. The van der Waals surface area contributed by atoms with Crippen LogP contribution in [0, 0.1) is 0 Å². The zero-order valence-electron chi connectivity index (χ0n) is 8.22. The number of hydrogen-bond acceptors (Lipinski definition) is 3. The minimum atomic E-state index is -3.71. The Morgan fingerprint density at radius 3 is 2.64 bits per heavy atom. The highest BCUT2D eigenvalue weighted by atomic mass is 19.3. The topological polar surface area (TPSA) is 58.6 Å². The van der Waals surface area contributed by atoms with Crippen molar-refractivity contribution in [3.8, 4) is 0 Å². The van der Waals surface area contributed by atoms with Gasteiger partial charge >= 0.3 is 11.9 Å². The molecule has 0 amide bonds. The molecule has 0 saturated heterocycles. The number of carboxylic acid groups (broad SMARTS) is 1. The molecule has 6 heteroatoms. The van der Waals surface area contributed by atoms with E-state index in [0.29, 0.717) is 13.0 Å². The maximum absolute atomic E-state index is 12.5. The molecule has 0 aromatic rings. The second-order valence-corrected chi connectivity index (χ2v) is 3.07. The standard InChI is InChI=1S/C8H15F2NO3/c1-6(3-4-14-2)11-5-8(9,10)7(12)13/h6,11H,3-5H2,1-2H3,(H,12,13). The number of alkyl halides is 2. The maximum Gasteiger partial charge on any atom is 0.375 e. The van der Waals surface area contributed by atoms with Crippen LogP contribution in [0.15, 0.2) is 0 Å². The number of ether oxygens (including phenoxy) is 1. The Balaban J connectivity index is 3.75. The molecule has 1 unspecified atom stereocenters. The van der Waals surface area contributed by atoms with Crippen molar-refractivity contribution in [3.63, 3.8) is 0 Å². The molecule has 0 aliphatic heterocycles. The molecule has 0 aliphatic carbocycles. The van der Waals surface area contributed by atoms with Gasteiger partial charge in [0.25, 0.3) is 0 Å². The number of halogens is 2. The van der Waals surface area contributed by atoms with Crippen molar-refractivity contribution in [1.82, 2.24) is 5.32 Å². The van der Waals surface area contributed by atoms with Crippen LogP contribution in [0.4, 0.5) is 8.78 Å². The van der Waals surface area contributed by atoms with Gasteiger partial charge in [-0.1, -0.05) is 0 Å². The van der Waals surface area contributed by atoms with E-state index < -0.39 is 18.4 Å². The number of rotatable bonds is 7. The fraction of sp³-hybridized carbons (Fsp3) is 0.875. The van der Waals surface area contributed by atoms with Crippen molar-refractivity contribution in [2.75, 3.05) is 20.3 Å². The van der Waals surface area contributed by atoms with Crippen LogP contribution in [0.5, 0.6) is 0 Å². The molecule has 14 heavy (non-hydrogen) atoms. The summed E-state index contributed by atoms with van der Waals surface area (Å²) in [4.78, 5) is 10.0. The molecule has 1 atom stereocenters. The van der Waals surface area contributed by atoms with Crippen LogP contribution in [0.25, 0.3) is 0 Å². The summed E-state index contributed by atoms with van der Waals surface area (Å²) >= 11 is 0. The first-order chi connectivity index (χ1) is 6.40. The highest BCUT2D eigenvalue weighted by molar-refractivity contribution is 5.75. The Morgan fingerprint density at radius 1 is 1.64 bits per heavy atom. The molecular formula is C8H15F2NO3. The smallest absolute Gasteiger partial charge is 0.375 e. The molecule has 4 nitrogen and oxygen atoms in total. The number of aliphatic carboxylic acids is 1. The average molecular weight is 211 g/mol. The second kappa shape index (κ2) is 5.87. The summed E-state index contributed by atoms with van der Waals surface area (Å²) in [5, 5.41) is 10.5. The van der Waals surface area contributed by atoms with E-state index in [9.17, 15) is 13.6 Å². The Kier molecular flexibility index (Phi) is 5.56. The number of hydrogen-bond donors (Lipinski definition) is 2. The summed E-state index contributed by atoms with van der Waals surface area (Å²) in [7, 11) is 1.51. The largest absolute Gasteiger partial charge is 0.477 e. The fourth-order valence-electron chi connectivity index (χ4n) is 0.775. The minimum Gasteiger partial charge on any atom is -0.477 e. The third kappa shape index (κ3) is 5.08. The first-order valence-electron chi connectivity index (χ1n) is 4.23. The van der Waals surface area contributed by atoms with E-state index >= 15 is 0 Å². The molecule has 0 aromatic heterocycles. The van der Waals surface area contributed by atoms with Gasteiger partial charge in [0.1, 0.15) is 0 Å². The summed E-state index contributed by atoms with van der Waals surface area (Å²) in [5.74, 6) is -5.81. The number of carbonyl (C=O) groups is 1. The quantitative estimate of drug-likeness (QED) is 0.651. The summed E-state index contributed by atoms with van der Waals surface area (Å²) in [5.41, 5.74) is 0. The third-order valence-corrected chi connectivity index (χ3v) is 1.74. The monoisotopic (exact) mass is 211 g/mol. The lowest BCUT2D eigenvalue weighted by Gasteiger charge is -2.16. The molecule has 0 aliphatic rings. The Morgan fingerprint density at radius 2 is 2.21 bits per heavy atom. The third-order valence-electron chi connectivity index (χ3n) is 1.74. The fourth-order valence-corrected chi connectivity index (χ4v) is 0.775. The predicted molar refractivity (Wildman–Crippen MR) is 46.5 cm³/mol. The van der Waals surface area contributed by atoms with E-state index in [1.807, 2.05) is 0 Å². The highest BCUT2D eigenvalue weighted by Crippen LogP contribution is 2.12. The molecule has 0 rings (SSSR count). The lowest BCUT2D eigenvalue weighted by atomic mass is 10.2. The summed E-state index contributed by atoms with van der Waals surface area (Å²) in [6, 6.07) is -0.194. The Bertz CT molecular complexity index is 187. The van der Waals surface area contributed by atoms with E-state index in [1.54, 1.807) is 6.92 Å². The van der Waals surface area contributed by atoms with Crippen LogP contribution in [0.2, 0.25) is 0 Å². The van der Waals surface area contributed by atoms with E-state index in [0.717, 1.165) is 0 Å². The molecule has 0 saturated carbocycles. The van der Waals surface area contributed by atoms with Gasteiger partial charge in [-0.05, 0) is 13.3 Å². The Labute approximate surface area is 81.2 Å². The normalized spacial score (nSPS) is 14.0. The lowest BCUT2D eigenvalue weighted by molar-refractivity contribution is -0.164. The van der Waals surface area contributed by atoms with Crippen LogP contribution < -0.4 is 5.32 Å². The van der Waals surface area contributed by atoms with Gasteiger partial charge in [-0.15, -0.1) is 0 Å². The number of nitrogens with one attached hydrogen (secondary N) is 1. The van der Waals surface area contributed by atoms with E-state index in [1.165, 1.54) is 7.11 Å². The van der Waals surface area contributed by atoms with Gasteiger partial charge in [-0.25, -0.2) is 4.79 Å². The van der Waals surface area contributed by atoms with E-state index in [4.69, 9.17) is 9.84 Å². The first-order valence-corrected chi connectivity index (χ1v) is 4.23. The van der Waals surface area contributed by atoms with Gasteiger partial charge in [0, 0.05) is 19.8 Å². The number of methoxy groups -OCH3 is 1. The van der Waals surface area contributed by atoms with Gasteiger partial charge in [0.05, 0.1) is 6.54 Å². The minimum absolute atomic E-state index is 0.194. The highest BCUT2D eigenvalue weighted by Gasteiger charge is 2.38. The van der Waals surface area contributed by atoms with Crippen LogP contribution in [-0.2, 0) is 9.53 Å². The van der Waals surface area contributed by atoms with Gasteiger partial charge in [-0.2, -0.15) is 8.78 Å². The first kappa shape index (κ1) is 13.2. The summed E-state index contributed by atoms with van der Waals surface area (Å²) < 4.78 is 29.8. The van der Waals surface area contributed by atoms with Crippen LogP contribution in [0.1, 0.15) is 13.3 Å². The molecule has 0 bridgehead atoms. The molecule has 84 valence electrons. The SMILES string of the molecule is COCCC(C)NCC(F)(F)C(=O)O. The zero-order valence-corrected chi connectivity index (χ0v) is 8.22. The van der Waals surface area contributed by atoms with Crippen LogP contribution >= 0.6 is 0 Å². The van der Waals surface area contributed by atoms with Crippen molar-refractivity contribution >= 4 is 5.97 Å². The molecule has 0 fully saturated rings. The second-order valence-electron chi connectivity index (χ2n) is 3.07. The van der Waals surface area contributed by atoms with E-state index in [-0.39, 0.29) is 6.04 Å². The molecular weight excluding hydrogens is 196 g/mol. The van der Waals surface area contributed by atoms with Gasteiger partial charge in [0.2, 0.25) is 0 Å². The van der Waals surface area contributed by atoms with E-state index in [2.05, 4.69) is 5.32 Å². The summed E-state index contributed by atoms with van der Waals surface area (Å²) in [6.45, 7) is 1.29. The van der Waals surface area contributed by atoms with Crippen molar-refractivity contribution in [1.29, 1.82) is 0 Å². The lowest BCUT2D eigenvalue weighted by Crippen LogP contribution is -2.43. The molecule has 0 heterocycles. The Hall–Kier alpha value is -0.750. The van der Waals surface area contributed by atoms with Crippen LogP contribution in [0.3, 0.4) is 0 Å². The van der Waals surface area contributed by atoms with Gasteiger partial charge in [-0.3, -0.25) is 0 Å². The van der Waals surface area contributed by atoms with Crippen molar-refractivity contribution in [2.24, 2.45) is 0 Å². The van der Waals surface area contributed by atoms with Gasteiger partial charge < -0.3 is 15.2 Å². The van der Waals surface area contributed by atoms with Crippen molar-refractivity contribution in [2.45, 2.75) is 25.3 Å². The maximum atomic E-state index is 12.5. The average Bonchev–Trinajstić information content (AvgIpc) is 2.11. The molecule has 0 aromatic carbocycles. The van der Waals surface area contributed by atoms with Crippen LogP contribution in [-0.4, -0.2) is 43.3 Å². The predicted octanol–water partition coefficient (Wildman–Crippen LogP) is 0.721. The molecule has 0 radical (unpaired) electrons.